The molecular formula is C13H16N6O2. The van der Waals surface area contributed by atoms with E-state index in [1.165, 1.54) is 6.42 Å². The van der Waals surface area contributed by atoms with Crippen LogP contribution in [0, 0.1) is 17.0 Å². The van der Waals surface area contributed by atoms with E-state index in [0.717, 1.165) is 18.5 Å². The highest BCUT2D eigenvalue weighted by Crippen LogP contribution is 2.30. The molecule has 0 spiro atoms. The van der Waals surface area contributed by atoms with Crippen molar-refractivity contribution in [1.82, 2.24) is 20.0 Å². The lowest BCUT2D eigenvalue weighted by Gasteiger charge is -2.24. The molecule has 0 unspecified atom stereocenters. The van der Waals surface area contributed by atoms with Gasteiger partial charge in [-0.25, -0.2) is 9.67 Å². The molecule has 8 nitrogen and oxygen atoms in total. The van der Waals surface area contributed by atoms with Gasteiger partial charge in [0, 0.05) is 11.8 Å². The highest BCUT2D eigenvalue weighted by atomic mass is 16.6. The van der Waals surface area contributed by atoms with Crippen molar-refractivity contribution in [1.29, 1.82) is 0 Å². The van der Waals surface area contributed by atoms with E-state index in [-0.39, 0.29) is 11.5 Å². The fourth-order valence-corrected chi connectivity index (χ4v) is 2.31. The molecule has 3 rings (SSSR count). The Morgan fingerprint density at radius 1 is 1.52 bits per heavy atom. The molecule has 0 radical (unpaired) electrons. The van der Waals surface area contributed by atoms with Crippen molar-refractivity contribution < 1.29 is 4.92 Å². The van der Waals surface area contributed by atoms with Gasteiger partial charge in [-0.1, -0.05) is 5.21 Å². The molecular weight excluding hydrogens is 272 g/mol. The molecule has 21 heavy (non-hydrogen) atoms. The summed E-state index contributed by atoms with van der Waals surface area (Å²) in [6.45, 7) is 2.06. The minimum atomic E-state index is -0.421. The van der Waals surface area contributed by atoms with E-state index in [4.69, 9.17) is 0 Å². The zero-order valence-corrected chi connectivity index (χ0v) is 11.7. The maximum Gasteiger partial charge on any atom is 0.314 e. The van der Waals surface area contributed by atoms with Crippen LogP contribution in [0.4, 0.5) is 11.5 Å². The summed E-state index contributed by atoms with van der Waals surface area (Å²) >= 11 is 0. The van der Waals surface area contributed by atoms with Crippen molar-refractivity contribution in [2.75, 3.05) is 5.32 Å². The number of aryl methyl sites for hydroxylation is 1. The Morgan fingerprint density at radius 3 is 3.00 bits per heavy atom. The minimum Gasteiger partial charge on any atom is -0.359 e. The third kappa shape index (κ3) is 2.69. The van der Waals surface area contributed by atoms with Crippen LogP contribution in [0.15, 0.2) is 18.5 Å². The third-order valence-corrected chi connectivity index (χ3v) is 3.75. The molecule has 1 fully saturated rings. The number of nitrogens with zero attached hydrogens (tertiary/aromatic N) is 5. The molecule has 0 aliphatic heterocycles. The number of nitrogens with one attached hydrogen (secondary N) is 1. The lowest BCUT2D eigenvalue weighted by Crippen LogP contribution is -2.17. The lowest BCUT2D eigenvalue weighted by molar-refractivity contribution is -0.384. The Labute approximate surface area is 121 Å². The minimum absolute atomic E-state index is 0.00360. The fourth-order valence-electron chi connectivity index (χ4n) is 2.31. The summed E-state index contributed by atoms with van der Waals surface area (Å²) in [5, 5.41) is 22.2. The van der Waals surface area contributed by atoms with E-state index in [0.29, 0.717) is 18.2 Å². The standard InChI is InChI=1S/C13H16N6O2/c1-9-5-6-14-13(12(9)19(20)21)15-7-10-8-18(17-16-10)11-3-2-4-11/h5-6,8,11H,2-4,7H2,1H3,(H,14,15). The second kappa shape index (κ2) is 5.47. The predicted octanol–water partition coefficient (Wildman–Crippen LogP) is 2.23. The van der Waals surface area contributed by atoms with Gasteiger partial charge in [0.05, 0.1) is 23.7 Å². The molecule has 8 heteroatoms. The average molecular weight is 288 g/mol. The monoisotopic (exact) mass is 288 g/mol. The SMILES string of the molecule is Cc1ccnc(NCc2cn(C3CCC3)nn2)c1[N+](=O)[O-]. The Balaban J connectivity index is 1.71. The summed E-state index contributed by atoms with van der Waals surface area (Å²) in [6, 6.07) is 2.08. The number of aromatic nitrogens is 4. The smallest absolute Gasteiger partial charge is 0.314 e. The van der Waals surface area contributed by atoms with Crippen molar-refractivity contribution in [2.45, 2.75) is 38.8 Å². The number of rotatable bonds is 5. The molecule has 2 aromatic rings. The molecule has 1 N–H and O–H groups in total. The van der Waals surface area contributed by atoms with Crippen molar-refractivity contribution in [2.24, 2.45) is 0 Å². The number of hydrogen-bond donors (Lipinski definition) is 1. The van der Waals surface area contributed by atoms with Crippen LogP contribution in [-0.4, -0.2) is 24.9 Å². The first-order chi connectivity index (χ1) is 10.1. The zero-order chi connectivity index (χ0) is 14.8. The molecule has 0 amide bonds. The Hall–Kier alpha value is -2.51. The van der Waals surface area contributed by atoms with Crippen LogP contribution in [0.3, 0.4) is 0 Å². The van der Waals surface area contributed by atoms with E-state index >= 15 is 0 Å². The summed E-state index contributed by atoms with van der Waals surface area (Å²) < 4.78 is 1.87. The van der Waals surface area contributed by atoms with Gasteiger partial charge in [-0.15, -0.1) is 5.10 Å². The van der Waals surface area contributed by atoms with E-state index in [2.05, 4.69) is 20.6 Å². The number of pyridine rings is 1. The van der Waals surface area contributed by atoms with Crippen molar-refractivity contribution >= 4 is 11.5 Å². The van der Waals surface area contributed by atoms with Crippen molar-refractivity contribution in [3.63, 3.8) is 0 Å². The normalized spacial score (nSPS) is 14.7. The molecule has 2 aromatic heterocycles. The van der Waals surface area contributed by atoms with Gasteiger partial charge in [-0.05, 0) is 32.3 Å². The lowest BCUT2D eigenvalue weighted by atomic mass is 9.93. The van der Waals surface area contributed by atoms with E-state index in [9.17, 15) is 10.1 Å². The molecule has 1 saturated carbocycles. The quantitative estimate of drug-likeness (QED) is 0.669. The van der Waals surface area contributed by atoms with Gasteiger partial charge < -0.3 is 5.32 Å². The van der Waals surface area contributed by atoms with Crippen LogP contribution < -0.4 is 5.32 Å². The van der Waals surface area contributed by atoms with E-state index < -0.39 is 4.92 Å². The average Bonchev–Trinajstić information content (AvgIpc) is 2.82. The van der Waals surface area contributed by atoms with Gasteiger partial charge in [-0.3, -0.25) is 10.1 Å². The topological polar surface area (TPSA) is 98.8 Å². The van der Waals surface area contributed by atoms with Gasteiger partial charge in [0.2, 0.25) is 5.82 Å². The number of anilines is 1. The van der Waals surface area contributed by atoms with Crippen molar-refractivity contribution in [3.8, 4) is 0 Å². The van der Waals surface area contributed by atoms with Gasteiger partial charge in [0.1, 0.15) is 5.69 Å². The first-order valence-electron chi connectivity index (χ1n) is 6.89. The number of nitro groups is 1. The predicted molar refractivity (Wildman–Crippen MR) is 75.9 cm³/mol. The first kappa shape index (κ1) is 13.5. The van der Waals surface area contributed by atoms with Crippen LogP contribution in [0.2, 0.25) is 0 Å². The highest BCUT2D eigenvalue weighted by Gasteiger charge is 2.21. The molecule has 0 bridgehead atoms. The van der Waals surface area contributed by atoms with Gasteiger partial charge in [-0.2, -0.15) is 0 Å². The van der Waals surface area contributed by atoms with Crippen LogP contribution in [0.1, 0.15) is 36.6 Å². The fraction of sp³-hybridized carbons (Fsp3) is 0.462. The van der Waals surface area contributed by atoms with Crippen LogP contribution in [0.5, 0.6) is 0 Å². The molecule has 0 aromatic carbocycles. The van der Waals surface area contributed by atoms with Gasteiger partial charge >= 0.3 is 5.69 Å². The Bertz CT molecular complexity index is 664. The summed E-state index contributed by atoms with van der Waals surface area (Å²) in [7, 11) is 0. The van der Waals surface area contributed by atoms with Crippen LogP contribution >= 0.6 is 0 Å². The summed E-state index contributed by atoms with van der Waals surface area (Å²) in [5.74, 6) is 0.262. The summed E-state index contributed by atoms with van der Waals surface area (Å²) in [5.41, 5.74) is 1.33. The Kier molecular flexibility index (Phi) is 3.51. The molecule has 110 valence electrons. The van der Waals surface area contributed by atoms with E-state index in [1.54, 1.807) is 19.2 Å². The second-order valence-corrected chi connectivity index (χ2v) is 5.21. The molecule has 0 atom stereocenters. The van der Waals surface area contributed by atoms with Crippen molar-refractivity contribution in [3.05, 3.63) is 39.8 Å². The molecule has 2 heterocycles. The molecule has 1 aliphatic carbocycles. The van der Waals surface area contributed by atoms with Gasteiger partial charge in [0.25, 0.3) is 0 Å². The first-order valence-corrected chi connectivity index (χ1v) is 6.89. The van der Waals surface area contributed by atoms with Gasteiger partial charge in [0.15, 0.2) is 0 Å². The molecule has 1 aliphatic rings. The maximum atomic E-state index is 11.1. The maximum absolute atomic E-state index is 11.1. The summed E-state index contributed by atoms with van der Waals surface area (Å²) in [4.78, 5) is 14.7. The zero-order valence-electron chi connectivity index (χ0n) is 11.7. The highest BCUT2D eigenvalue weighted by molar-refractivity contribution is 5.59. The molecule has 0 saturated heterocycles. The third-order valence-electron chi connectivity index (χ3n) is 3.75. The van der Waals surface area contributed by atoms with Crippen LogP contribution in [-0.2, 0) is 6.54 Å². The summed E-state index contributed by atoms with van der Waals surface area (Å²) in [6.07, 6.45) is 6.95. The van der Waals surface area contributed by atoms with E-state index in [1.807, 2.05) is 10.9 Å². The Morgan fingerprint density at radius 2 is 2.33 bits per heavy atom. The number of hydrogen-bond acceptors (Lipinski definition) is 6. The van der Waals surface area contributed by atoms with Crippen LogP contribution in [0.25, 0.3) is 0 Å². The second-order valence-electron chi connectivity index (χ2n) is 5.21. The largest absolute Gasteiger partial charge is 0.359 e.